The van der Waals surface area contributed by atoms with Gasteiger partial charge >= 0.3 is 0 Å². The number of likely N-dealkylation sites (tertiary alicyclic amines) is 1. The SMILES string of the molecule is Cn1ccnc1[C@@H]1[C@@H](N)CCC(=O)N1C1CC1. The first-order valence-corrected chi connectivity index (χ1v) is 6.22. The van der Waals surface area contributed by atoms with Crippen LogP contribution in [-0.2, 0) is 11.8 Å². The molecule has 1 aliphatic heterocycles. The van der Waals surface area contributed by atoms with Crippen LogP contribution in [0.25, 0.3) is 0 Å². The van der Waals surface area contributed by atoms with Gasteiger partial charge in [-0.15, -0.1) is 0 Å². The van der Waals surface area contributed by atoms with E-state index in [0.717, 1.165) is 25.1 Å². The zero-order valence-electron chi connectivity index (χ0n) is 10.0. The van der Waals surface area contributed by atoms with E-state index in [0.29, 0.717) is 12.5 Å². The zero-order chi connectivity index (χ0) is 12.0. The quantitative estimate of drug-likeness (QED) is 0.813. The molecule has 1 amide bonds. The lowest BCUT2D eigenvalue weighted by atomic mass is 9.95. The van der Waals surface area contributed by atoms with Crippen molar-refractivity contribution in [1.82, 2.24) is 14.5 Å². The van der Waals surface area contributed by atoms with Crippen LogP contribution < -0.4 is 5.73 Å². The lowest BCUT2D eigenvalue weighted by Crippen LogP contribution is -2.50. The summed E-state index contributed by atoms with van der Waals surface area (Å²) in [7, 11) is 1.96. The van der Waals surface area contributed by atoms with Crippen molar-refractivity contribution in [3.8, 4) is 0 Å². The minimum Gasteiger partial charge on any atom is -0.336 e. The van der Waals surface area contributed by atoms with Crippen LogP contribution in [0.1, 0.15) is 37.5 Å². The van der Waals surface area contributed by atoms with Gasteiger partial charge in [-0.3, -0.25) is 4.79 Å². The number of aromatic nitrogens is 2. The van der Waals surface area contributed by atoms with Gasteiger partial charge in [-0.25, -0.2) is 4.98 Å². The fraction of sp³-hybridized carbons (Fsp3) is 0.667. The average molecular weight is 234 g/mol. The highest BCUT2D eigenvalue weighted by Gasteiger charge is 2.44. The van der Waals surface area contributed by atoms with Crippen LogP contribution in [0, 0.1) is 0 Å². The van der Waals surface area contributed by atoms with Gasteiger partial charge in [-0.2, -0.15) is 0 Å². The summed E-state index contributed by atoms with van der Waals surface area (Å²) >= 11 is 0. The molecule has 5 nitrogen and oxygen atoms in total. The number of imidazole rings is 1. The number of rotatable bonds is 2. The van der Waals surface area contributed by atoms with E-state index in [4.69, 9.17) is 5.73 Å². The largest absolute Gasteiger partial charge is 0.336 e. The van der Waals surface area contributed by atoms with Crippen molar-refractivity contribution in [1.29, 1.82) is 0 Å². The van der Waals surface area contributed by atoms with Crippen molar-refractivity contribution in [2.45, 2.75) is 43.8 Å². The maximum absolute atomic E-state index is 12.1. The van der Waals surface area contributed by atoms with Crippen molar-refractivity contribution in [2.24, 2.45) is 12.8 Å². The van der Waals surface area contributed by atoms with E-state index in [1.54, 1.807) is 6.20 Å². The van der Waals surface area contributed by atoms with Gasteiger partial charge < -0.3 is 15.2 Å². The second-order valence-corrected chi connectivity index (χ2v) is 5.08. The van der Waals surface area contributed by atoms with Crippen LogP contribution in [0.4, 0.5) is 0 Å². The van der Waals surface area contributed by atoms with E-state index in [1.165, 1.54) is 0 Å². The molecule has 2 N–H and O–H groups in total. The molecule has 1 aromatic rings. The molecule has 1 saturated carbocycles. The number of nitrogens with two attached hydrogens (primary N) is 1. The molecule has 2 atom stereocenters. The van der Waals surface area contributed by atoms with E-state index in [2.05, 4.69) is 4.98 Å². The fourth-order valence-corrected chi connectivity index (χ4v) is 2.70. The van der Waals surface area contributed by atoms with Crippen LogP contribution >= 0.6 is 0 Å². The maximum atomic E-state index is 12.1. The third-order valence-corrected chi connectivity index (χ3v) is 3.75. The minimum absolute atomic E-state index is 0.00870. The zero-order valence-corrected chi connectivity index (χ0v) is 10.0. The molecule has 2 heterocycles. The Hall–Kier alpha value is -1.36. The van der Waals surface area contributed by atoms with Gasteiger partial charge in [-0.1, -0.05) is 0 Å². The lowest BCUT2D eigenvalue weighted by Gasteiger charge is -2.39. The summed E-state index contributed by atoms with van der Waals surface area (Å²) in [4.78, 5) is 18.4. The molecular formula is C12H18N4O. The standard InChI is InChI=1S/C12H18N4O/c1-15-7-6-14-12(15)11-9(13)4-5-10(17)16(11)8-2-3-8/h6-9,11H,2-5,13H2,1H3/t9-,11-/m0/s1. The van der Waals surface area contributed by atoms with Crippen molar-refractivity contribution < 1.29 is 4.79 Å². The highest BCUT2D eigenvalue weighted by molar-refractivity contribution is 5.78. The molecule has 17 heavy (non-hydrogen) atoms. The van der Waals surface area contributed by atoms with E-state index < -0.39 is 0 Å². The van der Waals surface area contributed by atoms with Crippen LogP contribution in [0.5, 0.6) is 0 Å². The molecule has 5 heteroatoms. The summed E-state index contributed by atoms with van der Waals surface area (Å²) in [6.07, 6.45) is 7.25. The van der Waals surface area contributed by atoms with Crippen LogP contribution in [0.15, 0.2) is 12.4 Å². The van der Waals surface area contributed by atoms with E-state index in [1.807, 2.05) is 22.7 Å². The highest BCUT2D eigenvalue weighted by Crippen LogP contribution is 2.39. The third-order valence-electron chi connectivity index (χ3n) is 3.75. The smallest absolute Gasteiger partial charge is 0.223 e. The summed E-state index contributed by atoms with van der Waals surface area (Å²) in [6.45, 7) is 0. The summed E-state index contributed by atoms with van der Waals surface area (Å²) in [5.74, 6) is 1.15. The van der Waals surface area contributed by atoms with Crippen molar-refractivity contribution >= 4 is 5.91 Å². The summed E-state index contributed by atoms with van der Waals surface area (Å²) in [5, 5.41) is 0. The van der Waals surface area contributed by atoms with E-state index in [-0.39, 0.29) is 18.0 Å². The molecule has 2 aliphatic rings. The van der Waals surface area contributed by atoms with Crippen molar-refractivity contribution in [2.75, 3.05) is 0 Å². The first-order chi connectivity index (χ1) is 8.18. The number of aryl methyl sites for hydroxylation is 1. The molecule has 0 bridgehead atoms. The van der Waals surface area contributed by atoms with Crippen LogP contribution in [0.2, 0.25) is 0 Å². The molecule has 0 unspecified atom stereocenters. The monoisotopic (exact) mass is 234 g/mol. The molecule has 1 saturated heterocycles. The summed E-state index contributed by atoms with van der Waals surface area (Å²) in [5.41, 5.74) is 6.21. The number of hydrogen-bond donors (Lipinski definition) is 1. The Balaban J connectivity index is 1.97. The number of amides is 1. The number of carbonyl (C=O) groups excluding carboxylic acids is 1. The van der Waals surface area contributed by atoms with E-state index >= 15 is 0 Å². The molecule has 3 rings (SSSR count). The Morgan fingerprint density at radius 3 is 2.76 bits per heavy atom. The highest BCUT2D eigenvalue weighted by atomic mass is 16.2. The van der Waals surface area contributed by atoms with Gasteiger partial charge in [0.1, 0.15) is 11.9 Å². The van der Waals surface area contributed by atoms with Gasteiger partial charge in [0.05, 0.1) is 0 Å². The van der Waals surface area contributed by atoms with Gasteiger partial charge in [0.2, 0.25) is 5.91 Å². The molecule has 2 fully saturated rings. The Morgan fingerprint density at radius 2 is 2.18 bits per heavy atom. The molecule has 92 valence electrons. The summed E-state index contributed by atoms with van der Waals surface area (Å²) in [6, 6.07) is 0.369. The number of nitrogens with zero attached hydrogens (tertiary/aromatic N) is 3. The Bertz CT molecular complexity index is 437. The Morgan fingerprint density at radius 1 is 1.41 bits per heavy atom. The normalized spacial score (nSPS) is 29.8. The number of hydrogen-bond acceptors (Lipinski definition) is 3. The molecule has 0 radical (unpaired) electrons. The van der Waals surface area contributed by atoms with Crippen LogP contribution in [-0.4, -0.2) is 32.4 Å². The van der Waals surface area contributed by atoms with Gasteiger partial charge in [0.15, 0.2) is 0 Å². The van der Waals surface area contributed by atoms with Gasteiger partial charge in [0.25, 0.3) is 0 Å². The summed E-state index contributed by atoms with van der Waals surface area (Å²) < 4.78 is 1.97. The third kappa shape index (κ3) is 1.74. The van der Waals surface area contributed by atoms with Gasteiger partial charge in [0, 0.05) is 37.9 Å². The minimum atomic E-state index is -0.0382. The molecule has 0 spiro atoms. The molecule has 1 aliphatic carbocycles. The molecule has 1 aromatic heterocycles. The maximum Gasteiger partial charge on any atom is 0.223 e. The second kappa shape index (κ2) is 3.84. The Labute approximate surface area is 101 Å². The van der Waals surface area contributed by atoms with Crippen LogP contribution in [0.3, 0.4) is 0 Å². The topological polar surface area (TPSA) is 64.2 Å². The Kier molecular flexibility index (Phi) is 2.43. The molecular weight excluding hydrogens is 216 g/mol. The predicted molar refractivity (Wildman–Crippen MR) is 63.0 cm³/mol. The number of piperidine rings is 1. The van der Waals surface area contributed by atoms with Gasteiger partial charge in [-0.05, 0) is 19.3 Å². The number of carbonyl (C=O) groups is 1. The first kappa shape index (κ1) is 10.8. The first-order valence-electron chi connectivity index (χ1n) is 6.22. The predicted octanol–water partition coefficient (Wildman–Crippen LogP) is 0.573. The average Bonchev–Trinajstić information content (AvgIpc) is 3.05. The fourth-order valence-electron chi connectivity index (χ4n) is 2.70. The van der Waals surface area contributed by atoms with Crippen molar-refractivity contribution in [3.05, 3.63) is 18.2 Å². The molecule has 0 aromatic carbocycles. The van der Waals surface area contributed by atoms with Crippen molar-refractivity contribution in [3.63, 3.8) is 0 Å². The van der Waals surface area contributed by atoms with E-state index in [9.17, 15) is 4.79 Å². The second-order valence-electron chi connectivity index (χ2n) is 5.08. The lowest BCUT2D eigenvalue weighted by molar-refractivity contribution is -0.138.